The summed E-state index contributed by atoms with van der Waals surface area (Å²) in [5, 5.41) is 8.01. The Balaban J connectivity index is 1.73. The molecule has 1 aromatic rings. The molecule has 0 saturated carbocycles. The van der Waals surface area contributed by atoms with Crippen LogP contribution in [0.3, 0.4) is 0 Å². The molecule has 0 unspecified atom stereocenters. The van der Waals surface area contributed by atoms with Crippen LogP contribution in [0, 0.1) is 6.92 Å². The predicted octanol–water partition coefficient (Wildman–Crippen LogP) is 2.41. The van der Waals surface area contributed by atoms with Crippen LogP contribution in [0.25, 0.3) is 6.08 Å². The number of carbonyl (C=O) groups excluding carboxylic acids is 1. The Hall–Kier alpha value is -1.37. The molecule has 0 spiro atoms. The number of piperazine rings is 1. The molecule has 1 aliphatic rings. The Morgan fingerprint density at radius 1 is 1.23 bits per heavy atom. The molecule has 2 heterocycles. The van der Waals surface area contributed by atoms with Crippen molar-refractivity contribution in [3.63, 3.8) is 0 Å². The molecular formula is C19H32ClN5O. The summed E-state index contributed by atoms with van der Waals surface area (Å²) in [4.78, 5) is 16.8. The highest BCUT2D eigenvalue weighted by molar-refractivity contribution is 6.31. The van der Waals surface area contributed by atoms with Crippen LogP contribution in [0.2, 0.25) is 5.15 Å². The Morgan fingerprint density at radius 3 is 2.65 bits per heavy atom. The number of unbranched alkanes of at least 4 members (excludes halogenated alkanes) is 1. The number of hydrogen-bond acceptors (Lipinski definition) is 4. The van der Waals surface area contributed by atoms with Crippen molar-refractivity contribution >= 4 is 23.6 Å². The van der Waals surface area contributed by atoms with Gasteiger partial charge in [-0.25, -0.2) is 0 Å². The number of amides is 1. The molecule has 6 nitrogen and oxygen atoms in total. The fourth-order valence-electron chi connectivity index (χ4n) is 3.02. The van der Waals surface area contributed by atoms with E-state index < -0.39 is 0 Å². The standard InChI is InChI=1S/C19H32ClN5O/c1-4-5-11-25-19(20)17(16(2)22-25)7-8-18(26)21-9-6-10-24-14-12-23(3)13-15-24/h7-8H,4-6,9-15H2,1-3H3,(H,21,26). The molecule has 2 rings (SSSR count). The topological polar surface area (TPSA) is 53.4 Å². The lowest BCUT2D eigenvalue weighted by molar-refractivity contribution is -0.116. The minimum Gasteiger partial charge on any atom is -0.353 e. The summed E-state index contributed by atoms with van der Waals surface area (Å²) in [6.07, 6.45) is 6.42. The van der Waals surface area contributed by atoms with Crippen molar-refractivity contribution in [2.45, 2.75) is 39.7 Å². The third kappa shape index (κ3) is 6.41. The first-order valence-corrected chi connectivity index (χ1v) is 9.98. The first kappa shape index (κ1) is 20.9. The second-order valence-corrected chi connectivity index (χ2v) is 7.35. The first-order chi connectivity index (χ1) is 12.5. The van der Waals surface area contributed by atoms with Crippen molar-refractivity contribution in [2.75, 3.05) is 46.3 Å². The third-order valence-corrected chi connectivity index (χ3v) is 5.18. The summed E-state index contributed by atoms with van der Waals surface area (Å²) >= 11 is 6.38. The van der Waals surface area contributed by atoms with Crippen LogP contribution in [-0.4, -0.2) is 71.8 Å². The summed E-state index contributed by atoms with van der Waals surface area (Å²) in [7, 11) is 2.16. The van der Waals surface area contributed by atoms with E-state index in [1.807, 2.05) is 11.6 Å². The van der Waals surface area contributed by atoms with Crippen molar-refractivity contribution in [1.29, 1.82) is 0 Å². The highest BCUT2D eigenvalue weighted by Gasteiger charge is 2.13. The van der Waals surface area contributed by atoms with Gasteiger partial charge in [0.1, 0.15) is 5.15 Å². The Kier molecular flexibility index (Phi) is 8.62. The minimum absolute atomic E-state index is 0.0832. The maximum absolute atomic E-state index is 12.0. The molecule has 1 amide bonds. The van der Waals surface area contributed by atoms with Crippen molar-refractivity contribution in [3.05, 3.63) is 22.5 Å². The number of aryl methyl sites for hydroxylation is 2. The van der Waals surface area contributed by atoms with Gasteiger partial charge in [0.05, 0.1) is 5.69 Å². The minimum atomic E-state index is -0.0832. The van der Waals surface area contributed by atoms with Crippen LogP contribution >= 0.6 is 11.6 Å². The third-order valence-electron chi connectivity index (χ3n) is 4.78. The number of hydrogen-bond donors (Lipinski definition) is 1. The molecule has 0 aliphatic carbocycles. The number of carbonyl (C=O) groups is 1. The van der Waals surface area contributed by atoms with E-state index in [1.54, 1.807) is 12.2 Å². The average molecular weight is 382 g/mol. The first-order valence-electron chi connectivity index (χ1n) is 9.61. The zero-order valence-electron chi connectivity index (χ0n) is 16.3. The van der Waals surface area contributed by atoms with Crippen LogP contribution in [0.5, 0.6) is 0 Å². The Bertz CT molecular complexity index is 605. The number of aromatic nitrogens is 2. The van der Waals surface area contributed by atoms with Gasteiger partial charge in [-0.1, -0.05) is 24.9 Å². The van der Waals surface area contributed by atoms with Crippen LogP contribution in [0.1, 0.15) is 37.4 Å². The van der Waals surface area contributed by atoms with E-state index >= 15 is 0 Å². The maximum Gasteiger partial charge on any atom is 0.244 e. The van der Waals surface area contributed by atoms with Gasteiger partial charge in [0, 0.05) is 50.9 Å². The largest absolute Gasteiger partial charge is 0.353 e. The zero-order valence-corrected chi connectivity index (χ0v) is 17.1. The van der Waals surface area contributed by atoms with E-state index in [0.717, 1.165) is 69.8 Å². The van der Waals surface area contributed by atoms with Gasteiger partial charge in [0.25, 0.3) is 0 Å². The fraction of sp³-hybridized carbons (Fsp3) is 0.684. The smallest absolute Gasteiger partial charge is 0.244 e. The van der Waals surface area contributed by atoms with E-state index in [9.17, 15) is 4.79 Å². The van der Waals surface area contributed by atoms with Gasteiger partial charge in [0.15, 0.2) is 0 Å². The van der Waals surface area contributed by atoms with E-state index in [-0.39, 0.29) is 5.91 Å². The maximum atomic E-state index is 12.0. The Labute approximate surface area is 162 Å². The predicted molar refractivity (Wildman–Crippen MR) is 107 cm³/mol. The zero-order chi connectivity index (χ0) is 18.9. The second kappa shape index (κ2) is 10.7. The molecule has 1 aromatic heterocycles. The summed E-state index contributed by atoms with van der Waals surface area (Å²) in [6, 6.07) is 0. The lowest BCUT2D eigenvalue weighted by atomic mass is 10.2. The van der Waals surface area contributed by atoms with Gasteiger partial charge in [-0.15, -0.1) is 0 Å². The van der Waals surface area contributed by atoms with Crippen LogP contribution in [0.4, 0.5) is 0 Å². The number of halogens is 1. The lowest BCUT2D eigenvalue weighted by Gasteiger charge is -2.32. The van der Waals surface area contributed by atoms with E-state index in [0.29, 0.717) is 11.7 Å². The number of rotatable bonds is 9. The number of likely N-dealkylation sites (N-methyl/N-ethyl adjacent to an activating group) is 1. The quantitative estimate of drug-likeness (QED) is 0.527. The molecule has 0 radical (unpaired) electrons. The Morgan fingerprint density at radius 2 is 1.96 bits per heavy atom. The highest BCUT2D eigenvalue weighted by Crippen LogP contribution is 2.21. The lowest BCUT2D eigenvalue weighted by Crippen LogP contribution is -2.45. The molecule has 0 aromatic carbocycles. The number of nitrogens with zero attached hydrogens (tertiary/aromatic N) is 4. The molecule has 0 atom stereocenters. The summed E-state index contributed by atoms with van der Waals surface area (Å²) < 4.78 is 1.81. The van der Waals surface area contributed by atoms with Gasteiger partial charge in [-0.3, -0.25) is 9.48 Å². The van der Waals surface area contributed by atoms with Gasteiger partial charge in [0.2, 0.25) is 5.91 Å². The van der Waals surface area contributed by atoms with Gasteiger partial charge in [-0.2, -0.15) is 5.10 Å². The van der Waals surface area contributed by atoms with Crippen LogP contribution in [0.15, 0.2) is 6.08 Å². The SMILES string of the molecule is CCCCn1nc(C)c(C=CC(=O)NCCCN2CCN(C)CC2)c1Cl. The second-order valence-electron chi connectivity index (χ2n) is 6.99. The van der Waals surface area contributed by atoms with Gasteiger partial charge < -0.3 is 15.1 Å². The van der Waals surface area contributed by atoms with E-state index in [4.69, 9.17) is 11.6 Å². The summed E-state index contributed by atoms with van der Waals surface area (Å²) in [6.45, 7) is 11.1. The molecule has 7 heteroatoms. The van der Waals surface area contributed by atoms with Crippen molar-refractivity contribution < 1.29 is 4.79 Å². The van der Waals surface area contributed by atoms with Crippen molar-refractivity contribution in [3.8, 4) is 0 Å². The fourth-order valence-corrected chi connectivity index (χ4v) is 3.34. The van der Waals surface area contributed by atoms with Crippen LogP contribution < -0.4 is 5.32 Å². The van der Waals surface area contributed by atoms with Crippen LogP contribution in [-0.2, 0) is 11.3 Å². The van der Waals surface area contributed by atoms with Crippen molar-refractivity contribution in [2.24, 2.45) is 0 Å². The normalized spacial score (nSPS) is 16.5. The van der Waals surface area contributed by atoms with E-state index in [1.165, 1.54) is 0 Å². The summed E-state index contributed by atoms with van der Waals surface area (Å²) in [5.74, 6) is -0.0832. The molecule has 26 heavy (non-hydrogen) atoms. The summed E-state index contributed by atoms with van der Waals surface area (Å²) in [5.41, 5.74) is 1.68. The van der Waals surface area contributed by atoms with Gasteiger partial charge >= 0.3 is 0 Å². The molecule has 1 N–H and O–H groups in total. The monoisotopic (exact) mass is 381 g/mol. The van der Waals surface area contributed by atoms with E-state index in [2.05, 4.69) is 34.2 Å². The molecule has 0 bridgehead atoms. The molecule has 1 aliphatic heterocycles. The molecule has 146 valence electrons. The average Bonchev–Trinajstić information content (AvgIpc) is 2.90. The number of nitrogens with one attached hydrogen (secondary N) is 1. The van der Waals surface area contributed by atoms with Crippen molar-refractivity contribution in [1.82, 2.24) is 24.9 Å². The molecular weight excluding hydrogens is 350 g/mol. The molecule has 1 fully saturated rings. The van der Waals surface area contributed by atoms with Gasteiger partial charge in [-0.05, 0) is 39.4 Å². The molecule has 1 saturated heterocycles. The highest BCUT2D eigenvalue weighted by atomic mass is 35.5.